The lowest BCUT2D eigenvalue weighted by Crippen LogP contribution is -2.49. The zero-order chi connectivity index (χ0) is 27.4. The van der Waals surface area contributed by atoms with Crippen LogP contribution in [0.4, 0.5) is 4.39 Å². The van der Waals surface area contributed by atoms with Crippen LogP contribution in [0.1, 0.15) is 79.3 Å². The SMILES string of the molecule is Cc1cccc(CN(C(=O)c2ccc(F)cc2)C2CCC(NC(=O)C3CCN(C(=O)C4CCC4)CC3)CC2)c1. The molecule has 3 fully saturated rings. The number of piperidine rings is 1. The molecule has 0 unspecified atom stereocenters. The van der Waals surface area contributed by atoms with Crippen LogP contribution in [-0.2, 0) is 16.1 Å². The third kappa shape index (κ3) is 6.68. The Morgan fingerprint density at radius 2 is 1.59 bits per heavy atom. The van der Waals surface area contributed by atoms with E-state index < -0.39 is 0 Å². The minimum atomic E-state index is -0.358. The predicted molar refractivity (Wildman–Crippen MR) is 148 cm³/mol. The van der Waals surface area contributed by atoms with Crippen LogP contribution in [0.5, 0.6) is 0 Å². The Morgan fingerprint density at radius 3 is 2.21 bits per heavy atom. The standard InChI is InChI=1S/C32H40FN3O3/c1-22-4-2-5-23(20-22)21-36(32(39)26-8-10-27(33)11-9-26)29-14-12-28(13-15-29)34-30(37)24-16-18-35(19-17-24)31(38)25-6-3-7-25/h2,4-5,8-11,20,24-25,28-29H,3,6-7,12-19,21H2,1H3,(H,34,37). The Hall–Kier alpha value is -3.22. The second-order valence-corrected chi connectivity index (χ2v) is 11.7. The van der Waals surface area contributed by atoms with Crippen LogP contribution in [-0.4, -0.2) is 52.7 Å². The van der Waals surface area contributed by atoms with Gasteiger partial charge < -0.3 is 15.1 Å². The van der Waals surface area contributed by atoms with Crippen LogP contribution in [0.2, 0.25) is 0 Å². The van der Waals surface area contributed by atoms with E-state index in [-0.39, 0.29) is 47.5 Å². The number of benzene rings is 2. The lowest BCUT2D eigenvalue weighted by atomic mass is 9.83. The average Bonchev–Trinajstić information content (AvgIpc) is 2.91. The Morgan fingerprint density at radius 1 is 0.897 bits per heavy atom. The lowest BCUT2D eigenvalue weighted by Gasteiger charge is -2.39. The van der Waals surface area contributed by atoms with Crippen molar-refractivity contribution in [1.29, 1.82) is 0 Å². The van der Waals surface area contributed by atoms with Gasteiger partial charge in [-0.1, -0.05) is 36.2 Å². The first-order valence-electron chi connectivity index (χ1n) is 14.6. The fraction of sp³-hybridized carbons (Fsp3) is 0.531. The van der Waals surface area contributed by atoms with Crippen LogP contribution in [0.25, 0.3) is 0 Å². The van der Waals surface area contributed by atoms with Crippen LogP contribution in [0.15, 0.2) is 48.5 Å². The first-order valence-corrected chi connectivity index (χ1v) is 14.6. The number of carbonyl (C=O) groups excluding carboxylic acids is 3. The molecule has 2 aromatic rings. The number of nitrogens with one attached hydrogen (secondary N) is 1. The molecule has 7 heteroatoms. The van der Waals surface area contributed by atoms with Gasteiger partial charge in [0.05, 0.1) is 0 Å². The summed E-state index contributed by atoms with van der Waals surface area (Å²) in [7, 11) is 0. The van der Waals surface area contributed by atoms with Crippen molar-refractivity contribution in [3.05, 3.63) is 71.0 Å². The number of halogens is 1. The van der Waals surface area contributed by atoms with E-state index in [2.05, 4.69) is 11.4 Å². The van der Waals surface area contributed by atoms with Crippen molar-refractivity contribution < 1.29 is 18.8 Å². The fourth-order valence-electron chi connectivity index (χ4n) is 6.26. The van der Waals surface area contributed by atoms with Crippen molar-refractivity contribution in [2.75, 3.05) is 13.1 Å². The summed E-state index contributed by atoms with van der Waals surface area (Å²) in [4.78, 5) is 43.0. The predicted octanol–water partition coefficient (Wildman–Crippen LogP) is 5.24. The minimum Gasteiger partial charge on any atom is -0.353 e. The maximum absolute atomic E-state index is 13.6. The molecular formula is C32H40FN3O3. The topological polar surface area (TPSA) is 69.7 Å². The average molecular weight is 534 g/mol. The summed E-state index contributed by atoms with van der Waals surface area (Å²) < 4.78 is 13.5. The minimum absolute atomic E-state index is 0.0361. The van der Waals surface area contributed by atoms with Gasteiger partial charge in [0.1, 0.15) is 5.82 Å². The zero-order valence-electron chi connectivity index (χ0n) is 22.9. The molecule has 1 N–H and O–H groups in total. The molecule has 3 aliphatic rings. The zero-order valence-corrected chi connectivity index (χ0v) is 22.9. The monoisotopic (exact) mass is 533 g/mol. The van der Waals surface area contributed by atoms with E-state index in [0.29, 0.717) is 25.2 Å². The molecule has 3 amide bonds. The van der Waals surface area contributed by atoms with E-state index in [1.54, 1.807) is 12.1 Å². The Kier molecular flexibility index (Phi) is 8.63. The Balaban J connectivity index is 1.16. The molecule has 0 aromatic heterocycles. The number of nitrogens with zero attached hydrogens (tertiary/aromatic N) is 2. The highest BCUT2D eigenvalue weighted by atomic mass is 19.1. The summed E-state index contributed by atoms with van der Waals surface area (Å²) in [6, 6.07) is 14.1. The molecule has 5 rings (SSSR count). The van der Waals surface area contributed by atoms with Crippen LogP contribution < -0.4 is 5.32 Å². The van der Waals surface area contributed by atoms with Crippen molar-refractivity contribution in [1.82, 2.24) is 15.1 Å². The normalized spacial score (nSPS) is 22.2. The summed E-state index contributed by atoms with van der Waals surface area (Å²) in [6.07, 6.45) is 7.89. The van der Waals surface area contributed by atoms with Gasteiger partial charge in [0.15, 0.2) is 0 Å². The molecule has 6 nitrogen and oxygen atoms in total. The molecule has 0 spiro atoms. The van der Waals surface area contributed by atoms with E-state index in [1.807, 2.05) is 34.9 Å². The van der Waals surface area contributed by atoms with Crippen molar-refractivity contribution in [2.45, 2.75) is 83.3 Å². The second kappa shape index (κ2) is 12.3. The van der Waals surface area contributed by atoms with Crippen LogP contribution in [0, 0.1) is 24.6 Å². The molecule has 0 atom stereocenters. The molecule has 1 heterocycles. The smallest absolute Gasteiger partial charge is 0.254 e. The van der Waals surface area contributed by atoms with E-state index in [9.17, 15) is 18.8 Å². The molecule has 0 bridgehead atoms. The van der Waals surface area contributed by atoms with Gasteiger partial charge in [-0.2, -0.15) is 0 Å². The highest BCUT2D eigenvalue weighted by Crippen LogP contribution is 2.31. The van der Waals surface area contributed by atoms with Gasteiger partial charge in [0.2, 0.25) is 11.8 Å². The highest BCUT2D eigenvalue weighted by molar-refractivity contribution is 5.94. The third-order valence-corrected chi connectivity index (χ3v) is 8.90. The molecule has 1 aliphatic heterocycles. The molecule has 2 aromatic carbocycles. The molecule has 208 valence electrons. The van der Waals surface area contributed by atoms with E-state index >= 15 is 0 Å². The van der Waals surface area contributed by atoms with Gasteiger partial charge in [0, 0.05) is 49.1 Å². The van der Waals surface area contributed by atoms with Gasteiger partial charge in [-0.15, -0.1) is 0 Å². The lowest BCUT2D eigenvalue weighted by molar-refractivity contribution is -0.141. The van der Waals surface area contributed by atoms with E-state index in [0.717, 1.165) is 68.9 Å². The maximum atomic E-state index is 13.6. The summed E-state index contributed by atoms with van der Waals surface area (Å²) >= 11 is 0. The first kappa shape index (κ1) is 27.4. The van der Waals surface area contributed by atoms with Crippen LogP contribution >= 0.6 is 0 Å². The molecule has 2 saturated carbocycles. The van der Waals surface area contributed by atoms with Crippen molar-refractivity contribution in [3.8, 4) is 0 Å². The van der Waals surface area contributed by atoms with Gasteiger partial charge in [0.25, 0.3) is 5.91 Å². The van der Waals surface area contributed by atoms with Gasteiger partial charge in [-0.3, -0.25) is 14.4 Å². The Labute approximate surface area is 230 Å². The number of rotatable bonds is 7. The fourth-order valence-corrected chi connectivity index (χ4v) is 6.26. The summed E-state index contributed by atoms with van der Waals surface area (Å²) in [5.74, 6) is 0.116. The molecule has 2 aliphatic carbocycles. The van der Waals surface area contributed by atoms with E-state index in [1.165, 1.54) is 12.1 Å². The van der Waals surface area contributed by atoms with Crippen LogP contribution in [0.3, 0.4) is 0 Å². The summed E-state index contributed by atoms with van der Waals surface area (Å²) in [5.41, 5.74) is 2.70. The first-order chi connectivity index (χ1) is 18.9. The summed E-state index contributed by atoms with van der Waals surface area (Å²) in [6.45, 7) is 3.90. The maximum Gasteiger partial charge on any atom is 0.254 e. The molecule has 39 heavy (non-hydrogen) atoms. The van der Waals surface area contributed by atoms with E-state index in [4.69, 9.17) is 0 Å². The van der Waals surface area contributed by atoms with Crippen molar-refractivity contribution in [2.24, 2.45) is 11.8 Å². The number of aryl methyl sites for hydroxylation is 1. The molecule has 0 radical (unpaired) electrons. The molecule has 1 saturated heterocycles. The number of hydrogen-bond acceptors (Lipinski definition) is 3. The number of likely N-dealkylation sites (tertiary alicyclic amines) is 1. The van der Waals surface area contributed by atoms with Crippen molar-refractivity contribution >= 4 is 17.7 Å². The Bertz CT molecular complexity index is 1160. The number of hydrogen-bond donors (Lipinski definition) is 1. The number of carbonyl (C=O) groups is 3. The summed E-state index contributed by atoms with van der Waals surface area (Å²) in [5, 5.41) is 3.27. The van der Waals surface area contributed by atoms with Gasteiger partial charge >= 0.3 is 0 Å². The largest absolute Gasteiger partial charge is 0.353 e. The van der Waals surface area contributed by atoms with Crippen molar-refractivity contribution in [3.63, 3.8) is 0 Å². The molecular weight excluding hydrogens is 493 g/mol. The highest BCUT2D eigenvalue weighted by Gasteiger charge is 2.35. The van der Waals surface area contributed by atoms with Gasteiger partial charge in [-0.25, -0.2) is 4.39 Å². The quantitative estimate of drug-likeness (QED) is 0.529. The number of amides is 3. The third-order valence-electron chi connectivity index (χ3n) is 8.90. The van der Waals surface area contributed by atoms with Gasteiger partial charge in [-0.05, 0) is 88.1 Å². The second-order valence-electron chi connectivity index (χ2n) is 11.7.